The Bertz CT molecular complexity index is 787. The van der Waals surface area contributed by atoms with Crippen molar-refractivity contribution in [2.45, 2.75) is 46.0 Å². The van der Waals surface area contributed by atoms with Gasteiger partial charge in [-0.2, -0.15) is 10.2 Å². The highest BCUT2D eigenvalue weighted by molar-refractivity contribution is 5.76. The Morgan fingerprint density at radius 2 is 1.96 bits per heavy atom. The van der Waals surface area contributed by atoms with Crippen molar-refractivity contribution in [2.75, 3.05) is 31.1 Å². The fourth-order valence-electron chi connectivity index (χ4n) is 3.99. The van der Waals surface area contributed by atoms with E-state index in [0.29, 0.717) is 6.42 Å². The monoisotopic (exact) mass is 354 g/mol. The highest BCUT2D eigenvalue weighted by Gasteiger charge is 2.23. The summed E-state index contributed by atoms with van der Waals surface area (Å²) >= 11 is 0. The summed E-state index contributed by atoms with van der Waals surface area (Å²) in [5.41, 5.74) is 5.74. The summed E-state index contributed by atoms with van der Waals surface area (Å²) in [7, 11) is 0. The fourth-order valence-corrected chi connectivity index (χ4v) is 3.99. The third kappa shape index (κ3) is 3.30. The summed E-state index contributed by atoms with van der Waals surface area (Å²) in [4.78, 5) is 16.8. The van der Waals surface area contributed by atoms with Crippen molar-refractivity contribution in [3.05, 3.63) is 34.3 Å². The minimum Gasteiger partial charge on any atom is -0.352 e. The lowest BCUT2D eigenvalue weighted by Gasteiger charge is -2.35. The number of nitrogens with zero attached hydrogens (tertiary/aromatic N) is 5. The molecule has 1 saturated heterocycles. The maximum absolute atomic E-state index is 12.6. The molecular weight excluding hydrogens is 328 g/mol. The van der Waals surface area contributed by atoms with Crippen molar-refractivity contribution in [2.24, 2.45) is 0 Å². The molecule has 1 amide bonds. The van der Waals surface area contributed by atoms with E-state index in [4.69, 9.17) is 0 Å². The zero-order valence-corrected chi connectivity index (χ0v) is 15.6. The number of carbonyl (C=O) groups is 1. The second-order valence-corrected chi connectivity index (χ2v) is 7.31. The molecule has 138 valence electrons. The molecule has 0 atom stereocenters. The van der Waals surface area contributed by atoms with Crippen molar-refractivity contribution in [3.63, 3.8) is 0 Å². The summed E-state index contributed by atoms with van der Waals surface area (Å²) < 4.78 is 0. The molecule has 1 aliphatic carbocycles. The molecule has 1 N–H and O–H groups in total. The largest absolute Gasteiger partial charge is 0.352 e. The van der Waals surface area contributed by atoms with E-state index in [1.807, 2.05) is 18.7 Å². The van der Waals surface area contributed by atoms with Gasteiger partial charge in [0.2, 0.25) is 5.91 Å². The average molecular weight is 354 g/mol. The lowest BCUT2D eigenvalue weighted by Crippen LogP contribution is -2.49. The normalized spacial score (nSPS) is 16.8. The molecule has 0 unspecified atom stereocenters. The quantitative estimate of drug-likeness (QED) is 0.902. The summed E-state index contributed by atoms with van der Waals surface area (Å²) in [6.45, 7) is 7.14. The van der Waals surface area contributed by atoms with Gasteiger partial charge < -0.3 is 9.80 Å². The maximum atomic E-state index is 12.6. The standard InChI is InChI=1S/C19H26N6O/c1-13-16(14(2)21-20-13)6-7-19(26)25-10-8-24(9-11-25)18-12-15-4-3-5-17(15)22-23-18/h12H,3-11H2,1-2H3,(H,20,21). The van der Waals surface area contributed by atoms with Gasteiger partial charge in [-0.25, -0.2) is 0 Å². The summed E-state index contributed by atoms with van der Waals surface area (Å²) in [5, 5.41) is 16.0. The number of piperazine rings is 1. The van der Waals surface area contributed by atoms with Gasteiger partial charge in [-0.1, -0.05) is 0 Å². The molecule has 1 fully saturated rings. The molecule has 1 aliphatic heterocycles. The van der Waals surface area contributed by atoms with Crippen LogP contribution >= 0.6 is 0 Å². The van der Waals surface area contributed by atoms with Gasteiger partial charge in [0.05, 0.1) is 11.4 Å². The van der Waals surface area contributed by atoms with Crippen LogP contribution in [0.15, 0.2) is 6.07 Å². The fraction of sp³-hybridized carbons (Fsp3) is 0.579. The van der Waals surface area contributed by atoms with Crippen LogP contribution in [0.2, 0.25) is 0 Å². The zero-order chi connectivity index (χ0) is 18.1. The van der Waals surface area contributed by atoms with Crippen molar-refractivity contribution in [1.29, 1.82) is 0 Å². The van der Waals surface area contributed by atoms with Gasteiger partial charge in [0.1, 0.15) is 0 Å². The van der Waals surface area contributed by atoms with E-state index in [0.717, 1.165) is 68.3 Å². The number of fused-ring (bicyclic) bond motifs is 1. The first-order valence-corrected chi connectivity index (χ1v) is 9.50. The molecule has 26 heavy (non-hydrogen) atoms. The SMILES string of the molecule is Cc1n[nH]c(C)c1CCC(=O)N1CCN(c2cc3c(nn2)CCC3)CC1. The Kier molecular flexibility index (Phi) is 4.61. The Morgan fingerprint density at radius 1 is 1.15 bits per heavy atom. The maximum Gasteiger partial charge on any atom is 0.223 e. The predicted octanol–water partition coefficient (Wildman–Crippen LogP) is 1.59. The molecule has 2 aromatic heterocycles. The Hall–Kier alpha value is -2.44. The average Bonchev–Trinajstić information content (AvgIpc) is 3.26. The van der Waals surface area contributed by atoms with Crippen LogP contribution in [0.5, 0.6) is 0 Å². The molecule has 0 bridgehead atoms. The number of anilines is 1. The Labute approximate surface area is 153 Å². The van der Waals surface area contributed by atoms with Gasteiger partial charge in [-0.3, -0.25) is 9.89 Å². The van der Waals surface area contributed by atoms with E-state index in [9.17, 15) is 4.79 Å². The molecule has 2 aliphatic rings. The van der Waals surface area contributed by atoms with Crippen LogP contribution in [0, 0.1) is 13.8 Å². The van der Waals surface area contributed by atoms with E-state index in [1.165, 1.54) is 17.5 Å². The van der Waals surface area contributed by atoms with Crippen LogP contribution in [0.1, 0.15) is 41.1 Å². The second-order valence-electron chi connectivity index (χ2n) is 7.31. The molecule has 3 heterocycles. The van der Waals surface area contributed by atoms with Crippen molar-refractivity contribution in [3.8, 4) is 0 Å². The van der Waals surface area contributed by atoms with Gasteiger partial charge >= 0.3 is 0 Å². The first-order chi connectivity index (χ1) is 12.6. The molecule has 7 heteroatoms. The van der Waals surface area contributed by atoms with Gasteiger partial charge in [-0.05, 0) is 56.7 Å². The molecule has 7 nitrogen and oxygen atoms in total. The number of aryl methyl sites for hydroxylation is 4. The van der Waals surface area contributed by atoms with Crippen LogP contribution in [-0.4, -0.2) is 57.4 Å². The number of carbonyl (C=O) groups excluding carboxylic acids is 1. The van der Waals surface area contributed by atoms with Crippen LogP contribution in [0.25, 0.3) is 0 Å². The number of H-pyrrole nitrogens is 1. The third-order valence-electron chi connectivity index (χ3n) is 5.63. The van der Waals surface area contributed by atoms with Gasteiger partial charge in [-0.15, -0.1) is 5.10 Å². The van der Waals surface area contributed by atoms with E-state index in [2.05, 4.69) is 31.4 Å². The van der Waals surface area contributed by atoms with E-state index < -0.39 is 0 Å². The van der Waals surface area contributed by atoms with Crippen LogP contribution in [-0.2, 0) is 24.1 Å². The smallest absolute Gasteiger partial charge is 0.223 e. The number of aromatic amines is 1. The van der Waals surface area contributed by atoms with Crippen LogP contribution in [0.4, 0.5) is 5.82 Å². The summed E-state index contributed by atoms with van der Waals surface area (Å²) in [6.07, 6.45) is 4.65. The number of hydrogen-bond donors (Lipinski definition) is 1. The van der Waals surface area contributed by atoms with Gasteiger partial charge in [0.15, 0.2) is 5.82 Å². The number of amides is 1. The van der Waals surface area contributed by atoms with Crippen LogP contribution in [0.3, 0.4) is 0 Å². The molecular formula is C19H26N6O. The number of nitrogens with one attached hydrogen (secondary N) is 1. The number of hydrogen-bond acceptors (Lipinski definition) is 5. The molecule has 0 spiro atoms. The zero-order valence-electron chi connectivity index (χ0n) is 15.6. The highest BCUT2D eigenvalue weighted by atomic mass is 16.2. The second kappa shape index (κ2) is 7.05. The molecule has 0 aromatic carbocycles. The topological polar surface area (TPSA) is 78.0 Å². The van der Waals surface area contributed by atoms with Crippen LogP contribution < -0.4 is 4.90 Å². The third-order valence-corrected chi connectivity index (χ3v) is 5.63. The first kappa shape index (κ1) is 17.0. The molecule has 4 rings (SSSR count). The Balaban J connectivity index is 1.31. The summed E-state index contributed by atoms with van der Waals surface area (Å²) in [6, 6.07) is 2.19. The van der Waals surface area contributed by atoms with Gasteiger partial charge in [0.25, 0.3) is 0 Å². The number of aromatic nitrogens is 4. The highest BCUT2D eigenvalue weighted by Crippen LogP contribution is 2.23. The number of rotatable bonds is 4. The molecule has 2 aromatic rings. The lowest BCUT2D eigenvalue weighted by atomic mass is 10.1. The van der Waals surface area contributed by atoms with Crippen molar-refractivity contribution >= 4 is 11.7 Å². The van der Waals surface area contributed by atoms with E-state index >= 15 is 0 Å². The predicted molar refractivity (Wildman–Crippen MR) is 99.2 cm³/mol. The summed E-state index contributed by atoms with van der Waals surface area (Å²) in [5.74, 6) is 1.19. The van der Waals surface area contributed by atoms with E-state index in [1.54, 1.807) is 0 Å². The Morgan fingerprint density at radius 3 is 2.69 bits per heavy atom. The minimum absolute atomic E-state index is 0.227. The van der Waals surface area contributed by atoms with E-state index in [-0.39, 0.29) is 5.91 Å². The first-order valence-electron chi connectivity index (χ1n) is 9.50. The van der Waals surface area contributed by atoms with Crippen molar-refractivity contribution < 1.29 is 4.79 Å². The van der Waals surface area contributed by atoms with Crippen molar-refractivity contribution in [1.82, 2.24) is 25.3 Å². The molecule has 0 radical (unpaired) electrons. The van der Waals surface area contributed by atoms with Gasteiger partial charge in [0, 0.05) is 38.3 Å². The molecule has 0 saturated carbocycles. The minimum atomic E-state index is 0.227. The lowest BCUT2D eigenvalue weighted by molar-refractivity contribution is -0.131.